The van der Waals surface area contributed by atoms with Crippen molar-refractivity contribution >= 4 is 11.6 Å². The summed E-state index contributed by atoms with van der Waals surface area (Å²) in [5, 5.41) is 9.01. The molecule has 1 unspecified atom stereocenters. The van der Waals surface area contributed by atoms with Crippen LogP contribution in [0.15, 0.2) is 18.2 Å². The van der Waals surface area contributed by atoms with Gasteiger partial charge in [0.1, 0.15) is 30.1 Å². The third kappa shape index (κ3) is 3.47. The maximum absolute atomic E-state index is 12.6. The van der Waals surface area contributed by atoms with Crippen LogP contribution in [0.25, 0.3) is 0 Å². The Morgan fingerprint density at radius 3 is 2.36 bits per heavy atom. The van der Waals surface area contributed by atoms with Crippen LogP contribution in [0.3, 0.4) is 0 Å². The second kappa shape index (κ2) is 5.12. The van der Waals surface area contributed by atoms with Gasteiger partial charge in [-0.2, -0.15) is 0 Å². The van der Waals surface area contributed by atoms with Crippen LogP contribution in [-0.4, -0.2) is 23.7 Å². The molecule has 0 spiro atoms. The number of ether oxygens (including phenoxy) is 1. The van der Waals surface area contributed by atoms with Crippen molar-refractivity contribution in [3.63, 3.8) is 0 Å². The van der Waals surface area contributed by atoms with E-state index in [1.165, 1.54) is 0 Å². The van der Waals surface area contributed by atoms with Gasteiger partial charge in [-0.05, 0) is 0 Å². The summed E-state index contributed by atoms with van der Waals surface area (Å²) < 4.78 is 30.2. The second-order valence-electron chi connectivity index (χ2n) is 2.72. The molecule has 0 aliphatic heterocycles. The molecule has 0 bridgehead atoms. The zero-order chi connectivity index (χ0) is 10.6. The molecule has 0 aromatic heterocycles. The lowest BCUT2D eigenvalue weighted by Gasteiger charge is -2.09. The molecule has 1 rings (SSSR count). The lowest BCUT2D eigenvalue weighted by atomic mass is 10.3. The van der Waals surface area contributed by atoms with Crippen LogP contribution >= 0.6 is 11.6 Å². The zero-order valence-electron chi connectivity index (χ0n) is 7.21. The Bertz CT molecular complexity index is 287. The molecular weight excluding hydrogens is 214 g/mol. The molecule has 0 saturated heterocycles. The van der Waals surface area contributed by atoms with Gasteiger partial charge in [0.25, 0.3) is 0 Å². The average molecular weight is 223 g/mol. The van der Waals surface area contributed by atoms with Crippen molar-refractivity contribution in [2.45, 2.75) is 6.10 Å². The van der Waals surface area contributed by atoms with Crippen LogP contribution in [-0.2, 0) is 0 Å². The quantitative estimate of drug-likeness (QED) is 0.789. The normalized spacial score (nSPS) is 12.6. The number of alkyl halides is 1. The molecule has 78 valence electrons. The Labute approximate surface area is 85.1 Å². The molecule has 0 aliphatic carbocycles. The summed E-state index contributed by atoms with van der Waals surface area (Å²) in [7, 11) is 0. The van der Waals surface area contributed by atoms with E-state index in [4.69, 9.17) is 21.4 Å². The van der Waals surface area contributed by atoms with Gasteiger partial charge in [0, 0.05) is 18.2 Å². The van der Waals surface area contributed by atoms with E-state index in [0.29, 0.717) is 0 Å². The summed E-state index contributed by atoms with van der Waals surface area (Å²) in [6, 6.07) is 2.80. The van der Waals surface area contributed by atoms with Crippen LogP contribution in [0.5, 0.6) is 5.75 Å². The molecule has 1 N–H and O–H groups in total. The van der Waals surface area contributed by atoms with Crippen molar-refractivity contribution in [2.24, 2.45) is 0 Å². The third-order valence-corrected chi connectivity index (χ3v) is 1.81. The number of aliphatic hydroxyl groups is 1. The van der Waals surface area contributed by atoms with Gasteiger partial charge in [-0.1, -0.05) is 0 Å². The number of halogens is 3. The van der Waals surface area contributed by atoms with Crippen molar-refractivity contribution in [1.29, 1.82) is 0 Å². The van der Waals surface area contributed by atoms with Gasteiger partial charge in [-0.25, -0.2) is 8.78 Å². The first-order valence-electron chi connectivity index (χ1n) is 3.94. The Morgan fingerprint density at radius 1 is 1.29 bits per heavy atom. The highest BCUT2D eigenvalue weighted by molar-refractivity contribution is 6.18. The van der Waals surface area contributed by atoms with E-state index in [0.717, 1.165) is 18.2 Å². The molecule has 5 heteroatoms. The predicted octanol–water partition coefficient (Wildman–Crippen LogP) is 1.94. The Hall–Kier alpha value is -0.870. The highest BCUT2D eigenvalue weighted by Gasteiger charge is 2.05. The molecule has 0 fully saturated rings. The number of aliphatic hydroxyl groups excluding tert-OH is 1. The topological polar surface area (TPSA) is 29.5 Å². The first-order chi connectivity index (χ1) is 6.61. The van der Waals surface area contributed by atoms with Crippen LogP contribution in [0.1, 0.15) is 0 Å². The van der Waals surface area contributed by atoms with Gasteiger partial charge in [-0.15, -0.1) is 11.6 Å². The Balaban J connectivity index is 2.58. The van der Waals surface area contributed by atoms with Crippen molar-refractivity contribution in [3.8, 4) is 5.75 Å². The number of benzene rings is 1. The van der Waals surface area contributed by atoms with E-state index in [9.17, 15) is 8.78 Å². The van der Waals surface area contributed by atoms with E-state index in [1.54, 1.807) is 0 Å². The largest absolute Gasteiger partial charge is 0.491 e. The van der Waals surface area contributed by atoms with E-state index < -0.39 is 17.7 Å². The van der Waals surface area contributed by atoms with Gasteiger partial charge < -0.3 is 9.84 Å². The first-order valence-corrected chi connectivity index (χ1v) is 4.48. The van der Waals surface area contributed by atoms with Crippen LogP contribution in [0.2, 0.25) is 0 Å². The molecule has 1 aromatic carbocycles. The summed E-state index contributed by atoms with van der Waals surface area (Å²) >= 11 is 5.30. The van der Waals surface area contributed by atoms with Gasteiger partial charge >= 0.3 is 0 Å². The summed E-state index contributed by atoms with van der Waals surface area (Å²) in [6.45, 7) is -0.0909. The van der Waals surface area contributed by atoms with E-state index in [2.05, 4.69) is 0 Å². The average Bonchev–Trinajstić information content (AvgIpc) is 2.12. The maximum atomic E-state index is 12.6. The zero-order valence-corrected chi connectivity index (χ0v) is 7.97. The minimum atomic E-state index is -0.844. The fourth-order valence-corrected chi connectivity index (χ4v) is 0.938. The molecule has 14 heavy (non-hydrogen) atoms. The van der Waals surface area contributed by atoms with E-state index >= 15 is 0 Å². The van der Waals surface area contributed by atoms with Gasteiger partial charge in [0.05, 0.1) is 5.88 Å². The minimum absolute atomic E-state index is 0.0117. The summed E-state index contributed by atoms with van der Waals surface area (Å²) in [6.07, 6.45) is -0.844. The summed E-state index contributed by atoms with van der Waals surface area (Å²) in [5.41, 5.74) is 0. The summed E-state index contributed by atoms with van der Waals surface area (Å²) in [5.74, 6) is -1.40. The van der Waals surface area contributed by atoms with Crippen molar-refractivity contribution in [3.05, 3.63) is 29.8 Å². The van der Waals surface area contributed by atoms with Gasteiger partial charge in [-0.3, -0.25) is 0 Å². The molecular formula is C9H9ClF2O2. The van der Waals surface area contributed by atoms with E-state index in [-0.39, 0.29) is 18.2 Å². The minimum Gasteiger partial charge on any atom is -0.491 e. The molecule has 2 nitrogen and oxygen atoms in total. The molecule has 0 aliphatic rings. The lowest BCUT2D eigenvalue weighted by Crippen LogP contribution is -2.18. The first kappa shape index (κ1) is 11.2. The Kier molecular flexibility index (Phi) is 4.10. The predicted molar refractivity (Wildman–Crippen MR) is 48.6 cm³/mol. The van der Waals surface area contributed by atoms with Gasteiger partial charge in [0.2, 0.25) is 0 Å². The number of hydrogen-bond acceptors (Lipinski definition) is 2. The van der Waals surface area contributed by atoms with Crippen molar-refractivity contribution < 1.29 is 18.6 Å². The number of hydrogen-bond donors (Lipinski definition) is 1. The monoisotopic (exact) mass is 222 g/mol. The fourth-order valence-electron chi connectivity index (χ4n) is 0.849. The highest BCUT2D eigenvalue weighted by Crippen LogP contribution is 2.15. The standard InChI is InChI=1S/C9H9ClF2O2/c10-4-8(13)5-14-9-2-6(11)1-7(12)3-9/h1-3,8,13H,4-5H2. The molecule has 0 amide bonds. The smallest absolute Gasteiger partial charge is 0.129 e. The molecule has 1 atom stereocenters. The van der Waals surface area contributed by atoms with Gasteiger partial charge in [0.15, 0.2) is 0 Å². The Morgan fingerprint density at radius 2 is 1.86 bits per heavy atom. The molecule has 0 radical (unpaired) electrons. The fraction of sp³-hybridized carbons (Fsp3) is 0.333. The van der Waals surface area contributed by atoms with Crippen LogP contribution < -0.4 is 4.74 Å². The SMILES string of the molecule is OC(CCl)COc1cc(F)cc(F)c1. The van der Waals surface area contributed by atoms with Crippen molar-refractivity contribution in [1.82, 2.24) is 0 Å². The molecule has 1 aromatic rings. The summed E-state index contributed by atoms with van der Waals surface area (Å²) in [4.78, 5) is 0. The van der Waals surface area contributed by atoms with Crippen LogP contribution in [0.4, 0.5) is 8.78 Å². The number of rotatable bonds is 4. The van der Waals surface area contributed by atoms with Crippen LogP contribution in [0, 0.1) is 11.6 Å². The molecule has 0 saturated carbocycles. The highest BCUT2D eigenvalue weighted by atomic mass is 35.5. The lowest BCUT2D eigenvalue weighted by molar-refractivity contribution is 0.125. The maximum Gasteiger partial charge on any atom is 0.129 e. The third-order valence-electron chi connectivity index (χ3n) is 1.46. The second-order valence-corrected chi connectivity index (χ2v) is 3.03. The molecule has 0 heterocycles. The van der Waals surface area contributed by atoms with E-state index in [1.807, 2.05) is 0 Å². The van der Waals surface area contributed by atoms with Crippen molar-refractivity contribution in [2.75, 3.05) is 12.5 Å².